The highest BCUT2D eigenvalue weighted by molar-refractivity contribution is 6.31. The molecule has 2 aromatic rings. The molecule has 1 unspecified atom stereocenters. The first-order valence-electron chi connectivity index (χ1n) is 8.75. The van der Waals surface area contributed by atoms with E-state index in [1.807, 2.05) is 13.0 Å². The van der Waals surface area contributed by atoms with Gasteiger partial charge in [0, 0.05) is 11.6 Å². The molecular formula is C21H26ClNO2. The average Bonchev–Trinajstić information content (AvgIpc) is 2.62. The number of ether oxygens (including phenoxy) is 1. The summed E-state index contributed by atoms with van der Waals surface area (Å²) in [5.41, 5.74) is 4.64. The maximum absolute atomic E-state index is 12.4. The maximum atomic E-state index is 12.4. The molecule has 25 heavy (non-hydrogen) atoms. The van der Waals surface area contributed by atoms with E-state index in [1.54, 1.807) is 19.1 Å². The number of halogens is 1. The second-order valence-corrected chi connectivity index (χ2v) is 6.61. The predicted molar refractivity (Wildman–Crippen MR) is 103 cm³/mol. The topological polar surface area (TPSA) is 38.3 Å². The van der Waals surface area contributed by atoms with Gasteiger partial charge in [-0.2, -0.15) is 0 Å². The Hall–Kier alpha value is -2.00. The molecule has 1 atom stereocenters. The third-order valence-corrected chi connectivity index (χ3v) is 4.75. The van der Waals surface area contributed by atoms with Crippen LogP contribution in [-0.2, 0) is 24.2 Å². The Morgan fingerprint density at radius 3 is 2.52 bits per heavy atom. The van der Waals surface area contributed by atoms with E-state index in [-0.39, 0.29) is 5.91 Å². The average molecular weight is 360 g/mol. The van der Waals surface area contributed by atoms with Gasteiger partial charge >= 0.3 is 0 Å². The number of aryl methyl sites for hydroxylation is 3. The number of amides is 1. The minimum absolute atomic E-state index is 0.128. The van der Waals surface area contributed by atoms with Crippen LogP contribution in [-0.4, -0.2) is 12.0 Å². The molecule has 1 N–H and O–H groups in total. The Morgan fingerprint density at radius 1 is 1.12 bits per heavy atom. The molecule has 0 radical (unpaired) electrons. The zero-order chi connectivity index (χ0) is 18.4. The highest BCUT2D eigenvalue weighted by atomic mass is 35.5. The Labute approximate surface area is 155 Å². The van der Waals surface area contributed by atoms with Crippen molar-refractivity contribution >= 4 is 17.5 Å². The second-order valence-electron chi connectivity index (χ2n) is 6.20. The van der Waals surface area contributed by atoms with E-state index in [0.29, 0.717) is 17.3 Å². The molecule has 0 spiro atoms. The number of carbonyl (C=O) groups is 1. The maximum Gasteiger partial charge on any atom is 0.261 e. The molecule has 1 amide bonds. The monoisotopic (exact) mass is 359 g/mol. The highest BCUT2D eigenvalue weighted by Crippen LogP contribution is 2.22. The molecule has 0 aliphatic heterocycles. The van der Waals surface area contributed by atoms with Crippen molar-refractivity contribution in [2.45, 2.75) is 53.2 Å². The Bertz CT molecular complexity index is 743. The van der Waals surface area contributed by atoms with Crippen LogP contribution >= 0.6 is 11.6 Å². The van der Waals surface area contributed by atoms with Crippen LogP contribution in [0.1, 0.15) is 43.0 Å². The molecule has 0 heterocycles. The van der Waals surface area contributed by atoms with Gasteiger partial charge in [0.1, 0.15) is 5.75 Å². The van der Waals surface area contributed by atoms with Crippen molar-refractivity contribution in [3.63, 3.8) is 0 Å². The first-order chi connectivity index (χ1) is 11.9. The first kappa shape index (κ1) is 19.3. The number of rotatable bonds is 7. The fourth-order valence-electron chi connectivity index (χ4n) is 2.68. The molecule has 0 saturated carbocycles. The number of hydrogen-bond donors (Lipinski definition) is 1. The number of nitrogens with one attached hydrogen (secondary N) is 1. The number of hydrogen-bond acceptors (Lipinski definition) is 2. The van der Waals surface area contributed by atoms with Crippen LogP contribution in [0.4, 0.5) is 0 Å². The largest absolute Gasteiger partial charge is 0.481 e. The van der Waals surface area contributed by atoms with Crippen LogP contribution in [0.25, 0.3) is 0 Å². The molecular weight excluding hydrogens is 334 g/mol. The summed E-state index contributed by atoms with van der Waals surface area (Å²) in [5, 5.41) is 3.67. The summed E-state index contributed by atoms with van der Waals surface area (Å²) in [7, 11) is 0. The molecule has 0 aliphatic carbocycles. The Balaban J connectivity index is 1.98. The molecule has 0 bridgehead atoms. The third kappa shape index (κ3) is 5.23. The van der Waals surface area contributed by atoms with E-state index < -0.39 is 6.10 Å². The van der Waals surface area contributed by atoms with Crippen molar-refractivity contribution in [1.82, 2.24) is 5.32 Å². The fraction of sp³-hybridized carbons (Fsp3) is 0.381. The lowest BCUT2D eigenvalue weighted by Gasteiger charge is -2.16. The van der Waals surface area contributed by atoms with E-state index in [2.05, 4.69) is 37.4 Å². The summed E-state index contributed by atoms with van der Waals surface area (Å²) in [6.45, 7) is 8.44. The molecule has 0 aromatic heterocycles. The smallest absolute Gasteiger partial charge is 0.261 e. The van der Waals surface area contributed by atoms with E-state index >= 15 is 0 Å². The quantitative estimate of drug-likeness (QED) is 0.766. The molecule has 2 rings (SSSR count). The van der Waals surface area contributed by atoms with E-state index in [4.69, 9.17) is 16.3 Å². The molecule has 0 aliphatic rings. The molecule has 4 heteroatoms. The summed E-state index contributed by atoms with van der Waals surface area (Å²) in [4.78, 5) is 12.4. The van der Waals surface area contributed by atoms with Crippen LogP contribution in [0.15, 0.2) is 36.4 Å². The van der Waals surface area contributed by atoms with E-state index in [1.165, 1.54) is 16.7 Å². The van der Waals surface area contributed by atoms with Crippen LogP contribution < -0.4 is 10.1 Å². The summed E-state index contributed by atoms with van der Waals surface area (Å²) < 4.78 is 5.73. The van der Waals surface area contributed by atoms with Gasteiger partial charge < -0.3 is 10.1 Å². The van der Waals surface area contributed by atoms with Crippen LogP contribution in [0.2, 0.25) is 5.02 Å². The lowest BCUT2D eigenvalue weighted by atomic mass is 10.0. The van der Waals surface area contributed by atoms with Gasteiger partial charge in [0.15, 0.2) is 6.10 Å². The van der Waals surface area contributed by atoms with Crippen LogP contribution in [0.3, 0.4) is 0 Å². The summed E-state index contributed by atoms with van der Waals surface area (Å²) in [6.07, 6.45) is 1.37. The van der Waals surface area contributed by atoms with Gasteiger partial charge in [0.05, 0.1) is 0 Å². The minimum atomic E-state index is -0.569. The SMILES string of the molecule is CCc1ccc(CC)c(CNC(=O)C(C)Oc2ccc(Cl)c(C)c2)c1. The van der Waals surface area contributed by atoms with Gasteiger partial charge in [-0.3, -0.25) is 4.79 Å². The normalized spacial score (nSPS) is 11.9. The molecule has 3 nitrogen and oxygen atoms in total. The lowest BCUT2D eigenvalue weighted by molar-refractivity contribution is -0.127. The lowest BCUT2D eigenvalue weighted by Crippen LogP contribution is -2.36. The molecule has 0 fully saturated rings. The van der Waals surface area contributed by atoms with Gasteiger partial charge in [-0.1, -0.05) is 43.6 Å². The first-order valence-corrected chi connectivity index (χ1v) is 9.13. The zero-order valence-corrected chi connectivity index (χ0v) is 16.1. The van der Waals surface area contributed by atoms with Crippen molar-refractivity contribution < 1.29 is 9.53 Å². The highest BCUT2D eigenvalue weighted by Gasteiger charge is 2.15. The second kappa shape index (κ2) is 8.91. The van der Waals surface area contributed by atoms with Crippen molar-refractivity contribution in [2.24, 2.45) is 0 Å². The van der Waals surface area contributed by atoms with Crippen molar-refractivity contribution in [3.05, 3.63) is 63.7 Å². The van der Waals surface area contributed by atoms with Gasteiger partial charge in [0.25, 0.3) is 5.91 Å². The standard InChI is InChI=1S/C21H26ClNO2/c1-5-16-7-8-17(6-2)18(12-16)13-23-21(24)15(4)25-19-9-10-20(22)14(3)11-19/h7-12,15H,5-6,13H2,1-4H3,(H,23,24). The van der Waals surface area contributed by atoms with Gasteiger partial charge in [0.2, 0.25) is 0 Å². The van der Waals surface area contributed by atoms with Crippen LogP contribution in [0, 0.1) is 6.92 Å². The van der Waals surface area contributed by atoms with Crippen LogP contribution in [0.5, 0.6) is 5.75 Å². The Morgan fingerprint density at radius 2 is 1.88 bits per heavy atom. The van der Waals surface area contributed by atoms with Crippen molar-refractivity contribution in [1.29, 1.82) is 0 Å². The van der Waals surface area contributed by atoms with Crippen molar-refractivity contribution in [3.8, 4) is 5.75 Å². The van der Waals surface area contributed by atoms with Gasteiger partial charge in [-0.05, 0) is 67.1 Å². The Kier molecular flexibility index (Phi) is 6.89. The predicted octanol–water partition coefficient (Wildman–Crippen LogP) is 4.86. The van der Waals surface area contributed by atoms with E-state index in [9.17, 15) is 4.79 Å². The van der Waals surface area contributed by atoms with Crippen molar-refractivity contribution in [2.75, 3.05) is 0 Å². The van der Waals surface area contributed by atoms with Gasteiger partial charge in [-0.25, -0.2) is 0 Å². The number of carbonyl (C=O) groups excluding carboxylic acids is 1. The fourth-order valence-corrected chi connectivity index (χ4v) is 2.80. The summed E-state index contributed by atoms with van der Waals surface area (Å²) in [5.74, 6) is 0.517. The molecule has 134 valence electrons. The third-order valence-electron chi connectivity index (χ3n) is 4.32. The molecule has 2 aromatic carbocycles. The summed E-state index contributed by atoms with van der Waals surface area (Å²) >= 11 is 6.02. The summed E-state index contributed by atoms with van der Waals surface area (Å²) in [6, 6.07) is 11.9. The zero-order valence-electron chi connectivity index (χ0n) is 15.4. The minimum Gasteiger partial charge on any atom is -0.481 e. The molecule has 0 saturated heterocycles. The van der Waals surface area contributed by atoms with Gasteiger partial charge in [-0.15, -0.1) is 0 Å². The van der Waals surface area contributed by atoms with E-state index in [0.717, 1.165) is 18.4 Å². The number of benzene rings is 2.